The smallest absolute Gasteiger partial charge is 0.222 e. The van der Waals surface area contributed by atoms with Gasteiger partial charge in [0.05, 0.1) is 0 Å². The van der Waals surface area contributed by atoms with E-state index in [1.807, 2.05) is 4.90 Å². The van der Waals surface area contributed by atoms with E-state index >= 15 is 0 Å². The van der Waals surface area contributed by atoms with Gasteiger partial charge in [-0.05, 0) is 11.8 Å². The molecule has 1 amide bonds. The third kappa shape index (κ3) is 3.70. The highest BCUT2D eigenvalue weighted by molar-refractivity contribution is 5.76. The summed E-state index contributed by atoms with van der Waals surface area (Å²) in [4.78, 5) is 14.2. The summed E-state index contributed by atoms with van der Waals surface area (Å²) in [6, 6.07) is 0. The van der Waals surface area contributed by atoms with E-state index in [1.54, 1.807) is 0 Å². The predicted molar refractivity (Wildman–Crippen MR) is 69.8 cm³/mol. The van der Waals surface area contributed by atoms with Crippen LogP contribution < -0.4 is 5.32 Å². The number of hydrogen-bond acceptors (Lipinski definition) is 2. The standard InChI is InChI=1S/C14H26N2O/c1-12(13-5-3-2-4-6-13)11-14(17)16-9-7-15-8-10-16/h12-13,15H,2-11H2,1H3. The Bertz CT molecular complexity index is 243. The number of piperazine rings is 1. The van der Waals surface area contributed by atoms with Crippen LogP contribution in [0, 0.1) is 11.8 Å². The summed E-state index contributed by atoms with van der Waals surface area (Å²) in [5.41, 5.74) is 0. The van der Waals surface area contributed by atoms with Crippen molar-refractivity contribution in [3.63, 3.8) is 0 Å². The van der Waals surface area contributed by atoms with Crippen LogP contribution in [0.5, 0.6) is 0 Å². The molecule has 0 aromatic rings. The molecule has 0 aromatic carbocycles. The highest BCUT2D eigenvalue weighted by Crippen LogP contribution is 2.31. The Morgan fingerprint density at radius 1 is 1.24 bits per heavy atom. The first-order chi connectivity index (χ1) is 8.27. The van der Waals surface area contributed by atoms with Crippen LogP contribution in [0.3, 0.4) is 0 Å². The van der Waals surface area contributed by atoms with Crippen molar-refractivity contribution >= 4 is 5.91 Å². The molecule has 17 heavy (non-hydrogen) atoms. The lowest BCUT2D eigenvalue weighted by Crippen LogP contribution is -2.47. The van der Waals surface area contributed by atoms with E-state index in [4.69, 9.17) is 0 Å². The summed E-state index contributed by atoms with van der Waals surface area (Å²) in [6.07, 6.45) is 7.60. The Labute approximate surface area is 105 Å². The Kier molecular flexibility index (Phi) is 4.84. The van der Waals surface area contributed by atoms with E-state index in [0.717, 1.165) is 38.5 Å². The summed E-state index contributed by atoms with van der Waals surface area (Å²) < 4.78 is 0. The van der Waals surface area contributed by atoms with Crippen molar-refractivity contribution in [2.45, 2.75) is 45.4 Å². The van der Waals surface area contributed by atoms with Gasteiger partial charge in [0.25, 0.3) is 0 Å². The van der Waals surface area contributed by atoms with E-state index < -0.39 is 0 Å². The summed E-state index contributed by atoms with van der Waals surface area (Å²) in [6.45, 7) is 6.00. The quantitative estimate of drug-likeness (QED) is 0.816. The molecule has 1 saturated carbocycles. The zero-order valence-electron chi connectivity index (χ0n) is 11.1. The average molecular weight is 238 g/mol. The molecule has 1 N–H and O–H groups in total. The van der Waals surface area contributed by atoms with Gasteiger partial charge in [-0.15, -0.1) is 0 Å². The fraction of sp³-hybridized carbons (Fsp3) is 0.929. The highest BCUT2D eigenvalue weighted by atomic mass is 16.2. The van der Waals surface area contributed by atoms with Crippen LogP contribution in [0.4, 0.5) is 0 Å². The molecule has 1 heterocycles. The minimum atomic E-state index is 0.379. The molecule has 1 aliphatic heterocycles. The van der Waals surface area contributed by atoms with Crippen molar-refractivity contribution in [1.82, 2.24) is 10.2 Å². The minimum absolute atomic E-state index is 0.379. The average Bonchev–Trinajstić information content (AvgIpc) is 2.40. The third-order valence-electron chi connectivity index (χ3n) is 4.42. The van der Waals surface area contributed by atoms with Crippen LogP contribution in [-0.2, 0) is 4.79 Å². The Morgan fingerprint density at radius 3 is 2.53 bits per heavy atom. The van der Waals surface area contributed by atoms with Crippen LogP contribution in [0.25, 0.3) is 0 Å². The van der Waals surface area contributed by atoms with Crippen LogP contribution in [0.1, 0.15) is 45.4 Å². The zero-order valence-corrected chi connectivity index (χ0v) is 11.1. The van der Waals surface area contributed by atoms with Gasteiger partial charge in [0.2, 0.25) is 5.91 Å². The molecule has 2 fully saturated rings. The number of rotatable bonds is 3. The van der Waals surface area contributed by atoms with Crippen LogP contribution in [-0.4, -0.2) is 37.0 Å². The maximum absolute atomic E-state index is 12.1. The lowest BCUT2D eigenvalue weighted by Gasteiger charge is -2.31. The molecule has 0 radical (unpaired) electrons. The van der Waals surface area contributed by atoms with E-state index in [0.29, 0.717) is 11.8 Å². The number of amides is 1. The number of carbonyl (C=O) groups excluding carboxylic acids is 1. The van der Waals surface area contributed by atoms with Gasteiger partial charge in [-0.2, -0.15) is 0 Å². The number of nitrogens with one attached hydrogen (secondary N) is 1. The van der Waals surface area contributed by atoms with Crippen molar-refractivity contribution in [3.05, 3.63) is 0 Å². The SMILES string of the molecule is CC(CC(=O)N1CCNCC1)C1CCCCC1. The fourth-order valence-electron chi connectivity index (χ4n) is 3.19. The monoisotopic (exact) mass is 238 g/mol. The Hall–Kier alpha value is -0.570. The van der Waals surface area contributed by atoms with E-state index in [2.05, 4.69) is 12.2 Å². The van der Waals surface area contributed by atoms with Crippen molar-refractivity contribution in [2.24, 2.45) is 11.8 Å². The molecular formula is C14H26N2O. The fourth-order valence-corrected chi connectivity index (χ4v) is 3.19. The van der Waals surface area contributed by atoms with Gasteiger partial charge in [-0.25, -0.2) is 0 Å². The van der Waals surface area contributed by atoms with Crippen LogP contribution in [0.15, 0.2) is 0 Å². The van der Waals surface area contributed by atoms with Crippen molar-refractivity contribution < 1.29 is 4.79 Å². The van der Waals surface area contributed by atoms with Crippen LogP contribution >= 0.6 is 0 Å². The van der Waals surface area contributed by atoms with Gasteiger partial charge in [0, 0.05) is 32.6 Å². The minimum Gasteiger partial charge on any atom is -0.340 e. The maximum Gasteiger partial charge on any atom is 0.222 e. The van der Waals surface area contributed by atoms with Crippen molar-refractivity contribution in [1.29, 1.82) is 0 Å². The van der Waals surface area contributed by atoms with Gasteiger partial charge in [0.15, 0.2) is 0 Å². The molecule has 3 heteroatoms. The number of nitrogens with zero attached hydrogens (tertiary/aromatic N) is 1. The van der Waals surface area contributed by atoms with E-state index in [1.165, 1.54) is 32.1 Å². The lowest BCUT2D eigenvalue weighted by atomic mass is 9.79. The van der Waals surface area contributed by atoms with E-state index in [-0.39, 0.29) is 0 Å². The Balaban J connectivity index is 1.76. The van der Waals surface area contributed by atoms with E-state index in [9.17, 15) is 4.79 Å². The Morgan fingerprint density at radius 2 is 1.88 bits per heavy atom. The molecule has 98 valence electrons. The molecule has 0 spiro atoms. The second-order valence-electron chi connectivity index (χ2n) is 5.71. The molecule has 1 aliphatic carbocycles. The summed E-state index contributed by atoms with van der Waals surface area (Å²) >= 11 is 0. The molecule has 1 unspecified atom stereocenters. The summed E-state index contributed by atoms with van der Waals surface area (Å²) in [5, 5.41) is 3.29. The molecule has 2 rings (SSSR count). The summed E-state index contributed by atoms with van der Waals surface area (Å²) in [7, 11) is 0. The zero-order chi connectivity index (χ0) is 12.1. The van der Waals surface area contributed by atoms with Gasteiger partial charge < -0.3 is 10.2 Å². The predicted octanol–water partition coefficient (Wildman–Crippen LogP) is 2.02. The first kappa shape index (κ1) is 12.9. The number of hydrogen-bond donors (Lipinski definition) is 1. The topological polar surface area (TPSA) is 32.3 Å². The normalized spacial score (nSPS) is 24.6. The molecule has 3 nitrogen and oxygen atoms in total. The van der Waals surface area contributed by atoms with Gasteiger partial charge in [0.1, 0.15) is 0 Å². The van der Waals surface area contributed by atoms with Gasteiger partial charge in [-0.3, -0.25) is 4.79 Å². The highest BCUT2D eigenvalue weighted by Gasteiger charge is 2.24. The molecule has 2 aliphatic rings. The second-order valence-corrected chi connectivity index (χ2v) is 5.71. The van der Waals surface area contributed by atoms with Crippen molar-refractivity contribution in [3.8, 4) is 0 Å². The summed E-state index contributed by atoms with van der Waals surface area (Å²) in [5.74, 6) is 1.76. The van der Waals surface area contributed by atoms with Crippen molar-refractivity contribution in [2.75, 3.05) is 26.2 Å². The third-order valence-corrected chi connectivity index (χ3v) is 4.42. The largest absolute Gasteiger partial charge is 0.340 e. The van der Waals surface area contributed by atoms with Crippen LogP contribution in [0.2, 0.25) is 0 Å². The van der Waals surface area contributed by atoms with Gasteiger partial charge >= 0.3 is 0 Å². The second kappa shape index (κ2) is 6.39. The molecule has 0 bridgehead atoms. The molecular weight excluding hydrogens is 212 g/mol. The number of carbonyl (C=O) groups is 1. The van der Waals surface area contributed by atoms with Gasteiger partial charge in [-0.1, -0.05) is 39.0 Å². The molecule has 1 saturated heterocycles. The maximum atomic E-state index is 12.1. The first-order valence-corrected chi connectivity index (χ1v) is 7.26. The lowest BCUT2D eigenvalue weighted by molar-refractivity contribution is -0.133. The first-order valence-electron chi connectivity index (χ1n) is 7.26. The molecule has 1 atom stereocenters. The molecule has 0 aromatic heterocycles.